The standard InChI is InChI=1S/C10H20N2O3/c1-8-6-12(3-4-15-2)7-9(5-11-8)10(13)14/h8-9,11H,3-7H2,1-2H3,(H,13,14). The first-order chi connectivity index (χ1) is 7.13. The minimum Gasteiger partial charge on any atom is -0.481 e. The average Bonchev–Trinajstić information content (AvgIpc) is 2.37. The molecule has 1 aliphatic rings. The van der Waals surface area contributed by atoms with E-state index in [0.29, 0.717) is 25.7 Å². The largest absolute Gasteiger partial charge is 0.481 e. The maximum Gasteiger partial charge on any atom is 0.309 e. The van der Waals surface area contributed by atoms with E-state index in [4.69, 9.17) is 9.84 Å². The van der Waals surface area contributed by atoms with Crippen molar-refractivity contribution in [2.24, 2.45) is 5.92 Å². The van der Waals surface area contributed by atoms with E-state index in [2.05, 4.69) is 17.1 Å². The Kier molecular flexibility index (Phi) is 5.01. The molecule has 1 saturated heterocycles. The highest BCUT2D eigenvalue weighted by molar-refractivity contribution is 5.70. The predicted molar refractivity (Wildman–Crippen MR) is 56.9 cm³/mol. The fourth-order valence-electron chi connectivity index (χ4n) is 1.81. The molecule has 0 amide bonds. The van der Waals surface area contributed by atoms with Crippen molar-refractivity contribution in [3.8, 4) is 0 Å². The van der Waals surface area contributed by atoms with Gasteiger partial charge in [0.2, 0.25) is 0 Å². The molecule has 1 aliphatic heterocycles. The van der Waals surface area contributed by atoms with E-state index in [0.717, 1.165) is 13.1 Å². The number of carbonyl (C=O) groups is 1. The lowest BCUT2D eigenvalue weighted by Crippen LogP contribution is -2.37. The first-order valence-corrected chi connectivity index (χ1v) is 5.31. The third-order valence-electron chi connectivity index (χ3n) is 2.68. The molecule has 0 aromatic rings. The van der Waals surface area contributed by atoms with Crippen LogP contribution >= 0.6 is 0 Å². The highest BCUT2D eigenvalue weighted by Crippen LogP contribution is 2.06. The molecule has 15 heavy (non-hydrogen) atoms. The summed E-state index contributed by atoms with van der Waals surface area (Å²) in [7, 11) is 1.66. The summed E-state index contributed by atoms with van der Waals surface area (Å²) in [6.45, 7) is 5.57. The zero-order chi connectivity index (χ0) is 11.3. The van der Waals surface area contributed by atoms with E-state index in [1.807, 2.05) is 0 Å². The number of hydrogen-bond acceptors (Lipinski definition) is 4. The lowest BCUT2D eigenvalue weighted by Gasteiger charge is -2.22. The second kappa shape index (κ2) is 6.05. The first-order valence-electron chi connectivity index (χ1n) is 5.31. The molecular weight excluding hydrogens is 196 g/mol. The predicted octanol–water partition coefficient (Wildman–Crippen LogP) is -0.373. The molecule has 1 fully saturated rings. The van der Waals surface area contributed by atoms with Gasteiger partial charge in [0.25, 0.3) is 0 Å². The average molecular weight is 216 g/mol. The van der Waals surface area contributed by atoms with Gasteiger partial charge in [0.05, 0.1) is 12.5 Å². The van der Waals surface area contributed by atoms with Gasteiger partial charge in [0.1, 0.15) is 0 Å². The molecule has 2 atom stereocenters. The minimum absolute atomic E-state index is 0.313. The highest BCUT2D eigenvalue weighted by Gasteiger charge is 2.25. The molecule has 5 nitrogen and oxygen atoms in total. The van der Waals surface area contributed by atoms with E-state index in [1.165, 1.54) is 0 Å². The number of carboxylic acid groups (broad SMARTS) is 1. The Morgan fingerprint density at radius 2 is 2.33 bits per heavy atom. The molecule has 0 aromatic heterocycles. The Balaban J connectivity index is 2.49. The molecule has 2 N–H and O–H groups in total. The molecule has 88 valence electrons. The topological polar surface area (TPSA) is 61.8 Å². The summed E-state index contributed by atoms with van der Waals surface area (Å²) in [4.78, 5) is 13.1. The number of hydrogen-bond donors (Lipinski definition) is 2. The SMILES string of the molecule is COCCN1CC(C)NCC(C(=O)O)C1. The van der Waals surface area contributed by atoms with Crippen LogP contribution in [0.25, 0.3) is 0 Å². The Morgan fingerprint density at radius 1 is 1.60 bits per heavy atom. The van der Waals surface area contributed by atoms with Crippen LogP contribution in [0.1, 0.15) is 6.92 Å². The lowest BCUT2D eigenvalue weighted by atomic mass is 10.1. The van der Waals surface area contributed by atoms with Gasteiger partial charge in [-0.05, 0) is 6.92 Å². The van der Waals surface area contributed by atoms with E-state index >= 15 is 0 Å². The number of carboxylic acids is 1. The number of nitrogens with zero attached hydrogens (tertiary/aromatic N) is 1. The van der Waals surface area contributed by atoms with Crippen LogP contribution in [-0.2, 0) is 9.53 Å². The monoisotopic (exact) mass is 216 g/mol. The van der Waals surface area contributed by atoms with Crippen LogP contribution in [0, 0.1) is 5.92 Å². The molecule has 5 heteroatoms. The summed E-state index contributed by atoms with van der Waals surface area (Å²) in [6.07, 6.45) is 0. The summed E-state index contributed by atoms with van der Waals surface area (Å²) >= 11 is 0. The summed E-state index contributed by atoms with van der Waals surface area (Å²) in [5, 5.41) is 12.2. The van der Waals surface area contributed by atoms with Crippen LogP contribution in [0.4, 0.5) is 0 Å². The van der Waals surface area contributed by atoms with Gasteiger partial charge >= 0.3 is 5.97 Å². The number of ether oxygens (including phenoxy) is 1. The number of methoxy groups -OCH3 is 1. The van der Waals surface area contributed by atoms with Crippen molar-refractivity contribution in [1.29, 1.82) is 0 Å². The zero-order valence-electron chi connectivity index (χ0n) is 9.40. The maximum atomic E-state index is 10.9. The van der Waals surface area contributed by atoms with E-state index in [9.17, 15) is 4.79 Å². The van der Waals surface area contributed by atoms with Crippen LogP contribution in [0.5, 0.6) is 0 Å². The summed E-state index contributed by atoms with van der Waals surface area (Å²) in [6, 6.07) is 0.339. The van der Waals surface area contributed by atoms with Crippen LogP contribution in [0.2, 0.25) is 0 Å². The van der Waals surface area contributed by atoms with Crippen molar-refractivity contribution in [1.82, 2.24) is 10.2 Å². The normalized spacial score (nSPS) is 28.7. The number of aliphatic carboxylic acids is 1. The molecule has 0 spiro atoms. The fraction of sp³-hybridized carbons (Fsp3) is 0.900. The molecular formula is C10H20N2O3. The Hall–Kier alpha value is -0.650. The van der Waals surface area contributed by atoms with Gasteiger partial charge in [-0.25, -0.2) is 0 Å². The zero-order valence-corrected chi connectivity index (χ0v) is 9.40. The quantitative estimate of drug-likeness (QED) is 0.671. The van der Waals surface area contributed by atoms with Gasteiger partial charge in [-0.2, -0.15) is 0 Å². The molecule has 0 aliphatic carbocycles. The van der Waals surface area contributed by atoms with Crippen molar-refractivity contribution < 1.29 is 14.6 Å². The Labute approximate surface area is 90.4 Å². The van der Waals surface area contributed by atoms with Crippen LogP contribution in [0.3, 0.4) is 0 Å². The van der Waals surface area contributed by atoms with Gasteiger partial charge < -0.3 is 15.2 Å². The van der Waals surface area contributed by atoms with Crippen molar-refractivity contribution in [2.75, 3.05) is 39.9 Å². The molecule has 0 saturated carbocycles. The van der Waals surface area contributed by atoms with Gasteiger partial charge in [-0.3, -0.25) is 9.69 Å². The molecule has 2 unspecified atom stereocenters. The third kappa shape index (κ3) is 4.15. The molecule has 0 radical (unpaired) electrons. The minimum atomic E-state index is -0.723. The van der Waals surface area contributed by atoms with Crippen molar-refractivity contribution in [3.63, 3.8) is 0 Å². The van der Waals surface area contributed by atoms with E-state index < -0.39 is 5.97 Å². The molecule has 1 rings (SSSR count). The van der Waals surface area contributed by atoms with Gasteiger partial charge in [-0.1, -0.05) is 0 Å². The van der Waals surface area contributed by atoms with Gasteiger partial charge in [-0.15, -0.1) is 0 Å². The van der Waals surface area contributed by atoms with E-state index in [-0.39, 0.29) is 5.92 Å². The van der Waals surface area contributed by atoms with E-state index in [1.54, 1.807) is 7.11 Å². The lowest BCUT2D eigenvalue weighted by molar-refractivity contribution is -0.142. The van der Waals surface area contributed by atoms with Crippen molar-refractivity contribution >= 4 is 5.97 Å². The molecule has 1 heterocycles. The maximum absolute atomic E-state index is 10.9. The summed E-state index contributed by atoms with van der Waals surface area (Å²) in [5.74, 6) is -1.04. The van der Waals surface area contributed by atoms with Crippen LogP contribution in [0.15, 0.2) is 0 Å². The highest BCUT2D eigenvalue weighted by atomic mass is 16.5. The summed E-state index contributed by atoms with van der Waals surface area (Å²) in [5.41, 5.74) is 0. The number of rotatable bonds is 4. The van der Waals surface area contributed by atoms with Crippen LogP contribution < -0.4 is 5.32 Å². The third-order valence-corrected chi connectivity index (χ3v) is 2.68. The van der Waals surface area contributed by atoms with Gasteiger partial charge in [0.15, 0.2) is 0 Å². The van der Waals surface area contributed by atoms with Gasteiger partial charge in [0, 0.05) is 39.3 Å². The second-order valence-electron chi connectivity index (χ2n) is 4.10. The van der Waals surface area contributed by atoms with Crippen LogP contribution in [-0.4, -0.2) is 61.9 Å². The number of nitrogens with one attached hydrogen (secondary N) is 1. The smallest absolute Gasteiger partial charge is 0.309 e. The second-order valence-corrected chi connectivity index (χ2v) is 4.10. The fourth-order valence-corrected chi connectivity index (χ4v) is 1.81. The Morgan fingerprint density at radius 3 is 2.93 bits per heavy atom. The first kappa shape index (κ1) is 12.4. The summed E-state index contributed by atoms with van der Waals surface area (Å²) < 4.78 is 5.01. The molecule has 0 bridgehead atoms. The Bertz CT molecular complexity index is 211. The molecule has 0 aromatic carbocycles. The van der Waals surface area contributed by atoms with Crippen molar-refractivity contribution in [3.05, 3.63) is 0 Å². The van der Waals surface area contributed by atoms with Crippen molar-refractivity contribution in [2.45, 2.75) is 13.0 Å².